The molecule has 0 bridgehead atoms. The Bertz CT molecular complexity index is 349. The molecule has 5 heteroatoms. The van der Waals surface area contributed by atoms with Gasteiger partial charge < -0.3 is 10.6 Å². The maximum Gasteiger partial charge on any atom is 0.233 e. The number of amides is 1. The van der Waals surface area contributed by atoms with Crippen LogP contribution in [0.3, 0.4) is 0 Å². The SMILES string of the molecule is CNCC(=O)NCCc1c(Cl)cccc1Cl. The number of carbonyl (C=O) groups excluding carboxylic acids is 1. The molecule has 2 N–H and O–H groups in total. The number of carbonyl (C=O) groups is 1. The lowest BCUT2D eigenvalue weighted by atomic mass is 10.1. The van der Waals surface area contributed by atoms with E-state index in [4.69, 9.17) is 23.2 Å². The third kappa shape index (κ3) is 4.00. The van der Waals surface area contributed by atoms with Crippen LogP contribution in [-0.4, -0.2) is 26.0 Å². The maximum atomic E-state index is 11.2. The molecule has 0 saturated carbocycles. The summed E-state index contributed by atoms with van der Waals surface area (Å²) in [7, 11) is 1.73. The van der Waals surface area contributed by atoms with Crippen LogP contribution in [0.25, 0.3) is 0 Å². The average Bonchev–Trinajstić information content (AvgIpc) is 2.23. The van der Waals surface area contributed by atoms with Gasteiger partial charge in [0.25, 0.3) is 0 Å². The van der Waals surface area contributed by atoms with E-state index in [1.807, 2.05) is 0 Å². The van der Waals surface area contributed by atoms with Gasteiger partial charge in [0, 0.05) is 16.6 Å². The van der Waals surface area contributed by atoms with Crippen molar-refractivity contribution in [3.8, 4) is 0 Å². The highest BCUT2D eigenvalue weighted by Crippen LogP contribution is 2.24. The molecule has 1 amide bonds. The van der Waals surface area contributed by atoms with Gasteiger partial charge in [0.15, 0.2) is 0 Å². The number of hydrogen-bond donors (Lipinski definition) is 2. The van der Waals surface area contributed by atoms with E-state index in [1.54, 1.807) is 25.2 Å². The van der Waals surface area contributed by atoms with E-state index >= 15 is 0 Å². The molecule has 88 valence electrons. The second-order valence-electron chi connectivity index (χ2n) is 3.33. The molecule has 3 nitrogen and oxygen atoms in total. The van der Waals surface area contributed by atoms with Crippen LogP contribution in [0.15, 0.2) is 18.2 Å². The Morgan fingerprint density at radius 2 is 1.94 bits per heavy atom. The van der Waals surface area contributed by atoms with Crippen molar-refractivity contribution in [2.75, 3.05) is 20.1 Å². The van der Waals surface area contributed by atoms with Gasteiger partial charge in [-0.15, -0.1) is 0 Å². The zero-order valence-electron chi connectivity index (χ0n) is 9.02. The van der Waals surface area contributed by atoms with Gasteiger partial charge in [-0.2, -0.15) is 0 Å². The fraction of sp³-hybridized carbons (Fsp3) is 0.364. The molecule has 1 aromatic carbocycles. The Kier molecular flexibility index (Phi) is 5.60. The Morgan fingerprint density at radius 1 is 1.31 bits per heavy atom. The normalized spacial score (nSPS) is 10.2. The number of nitrogens with one attached hydrogen (secondary N) is 2. The van der Waals surface area contributed by atoms with E-state index in [0.29, 0.717) is 29.6 Å². The number of benzene rings is 1. The summed E-state index contributed by atoms with van der Waals surface area (Å²) in [6.45, 7) is 0.847. The van der Waals surface area contributed by atoms with Crippen LogP contribution >= 0.6 is 23.2 Å². The minimum Gasteiger partial charge on any atom is -0.355 e. The van der Waals surface area contributed by atoms with Gasteiger partial charge in [-0.05, 0) is 31.2 Å². The molecule has 0 aromatic heterocycles. The lowest BCUT2D eigenvalue weighted by Gasteiger charge is -2.08. The molecule has 1 aromatic rings. The Labute approximate surface area is 105 Å². The summed E-state index contributed by atoms with van der Waals surface area (Å²) in [5.74, 6) is -0.0364. The number of rotatable bonds is 5. The molecule has 0 atom stereocenters. The van der Waals surface area contributed by atoms with Crippen LogP contribution in [0, 0.1) is 0 Å². The first-order valence-electron chi connectivity index (χ1n) is 4.99. The van der Waals surface area contributed by atoms with E-state index in [-0.39, 0.29) is 5.91 Å². The predicted molar refractivity (Wildman–Crippen MR) is 67.1 cm³/mol. The first kappa shape index (κ1) is 13.3. The lowest BCUT2D eigenvalue weighted by Crippen LogP contribution is -2.33. The van der Waals surface area contributed by atoms with Crippen molar-refractivity contribution in [2.45, 2.75) is 6.42 Å². The van der Waals surface area contributed by atoms with E-state index in [0.717, 1.165) is 5.56 Å². The van der Waals surface area contributed by atoms with Crippen LogP contribution in [0.5, 0.6) is 0 Å². The van der Waals surface area contributed by atoms with Crippen molar-refractivity contribution in [1.29, 1.82) is 0 Å². The highest BCUT2D eigenvalue weighted by atomic mass is 35.5. The van der Waals surface area contributed by atoms with Gasteiger partial charge in [0.2, 0.25) is 5.91 Å². The molecule has 0 fully saturated rings. The van der Waals surface area contributed by atoms with Crippen LogP contribution in [0.1, 0.15) is 5.56 Å². The highest BCUT2D eigenvalue weighted by molar-refractivity contribution is 6.35. The van der Waals surface area contributed by atoms with Gasteiger partial charge >= 0.3 is 0 Å². The second-order valence-corrected chi connectivity index (χ2v) is 4.14. The van der Waals surface area contributed by atoms with Gasteiger partial charge in [0.1, 0.15) is 0 Å². The van der Waals surface area contributed by atoms with Crippen molar-refractivity contribution >= 4 is 29.1 Å². The summed E-state index contributed by atoms with van der Waals surface area (Å²) in [5.41, 5.74) is 0.871. The first-order chi connectivity index (χ1) is 7.65. The van der Waals surface area contributed by atoms with Crippen molar-refractivity contribution in [3.63, 3.8) is 0 Å². The molecule has 0 aliphatic carbocycles. The third-order valence-electron chi connectivity index (χ3n) is 2.10. The van der Waals surface area contributed by atoms with Gasteiger partial charge in [0.05, 0.1) is 6.54 Å². The van der Waals surface area contributed by atoms with Gasteiger partial charge in [-0.25, -0.2) is 0 Å². The predicted octanol–water partition coefficient (Wildman–Crippen LogP) is 1.87. The van der Waals surface area contributed by atoms with Gasteiger partial charge in [-0.1, -0.05) is 29.3 Å². The standard InChI is InChI=1S/C11H14Cl2N2O/c1-14-7-11(16)15-6-5-8-9(12)3-2-4-10(8)13/h2-4,14H,5-7H2,1H3,(H,15,16). The quantitative estimate of drug-likeness (QED) is 0.849. The van der Waals surface area contributed by atoms with E-state index in [1.165, 1.54) is 0 Å². The molecule has 0 aliphatic heterocycles. The summed E-state index contributed by atoms with van der Waals surface area (Å²) in [6.07, 6.45) is 0.633. The van der Waals surface area contributed by atoms with E-state index < -0.39 is 0 Å². The minimum atomic E-state index is -0.0364. The van der Waals surface area contributed by atoms with Crippen molar-refractivity contribution in [3.05, 3.63) is 33.8 Å². The zero-order chi connectivity index (χ0) is 12.0. The average molecular weight is 261 g/mol. The molecule has 0 radical (unpaired) electrons. The molecule has 0 spiro atoms. The smallest absolute Gasteiger partial charge is 0.233 e. The molecule has 0 heterocycles. The molecular weight excluding hydrogens is 247 g/mol. The van der Waals surface area contributed by atoms with Crippen LogP contribution in [0.4, 0.5) is 0 Å². The molecule has 16 heavy (non-hydrogen) atoms. The van der Waals surface area contributed by atoms with Crippen molar-refractivity contribution < 1.29 is 4.79 Å². The topological polar surface area (TPSA) is 41.1 Å². The Morgan fingerprint density at radius 3 is 2.50 bits per heavy atom. The van der Waals surface area contributed by atoms with E-state index in [2.05, 4.69) is 10.6 Å². The third-order valence-corrected chi connectivity index (χ3v) is 2.80. The number of hydrogen-bond acceptors (Lipinski definition) is 2. The van der Waals surface area contributed by atoms with Crippen molar-refractivity contribution in [1.82, 2.24) is 10.6 Å². The van der Waals surface area contributed by atoms with E-state index in [9.17, 15) is 4.79 Å². The number of likely N-dealkylation sites (N-methyl/N-ethyl adjacent to an activating group) is 1. The molecule has 0 unspecified atom stereocenters. The molecule has 0 aliphatic rings. The molecular formula is C11H14Cl2N2O. The fourth-order valence-corrected chi connectivity index (χ4v) is 1.91. The molecule has 0 saturated heterocycles. The monoisotopic (exact) mass is 260 g/mol. The fourth-order valence-electron chi connectivity index (χ4n) is 1.32. The van der Waals surface area contributed by atoms with Crippen LogP contribution < -0.4 is 10.6 Å². The van der Waals surface area contributed by atoms with Crippen molar-refractivity contribution in [2.24, 2.45) is 0 Å². The summed E-state index contributed by atoms with van der Waals surface area (Å²) in [6, 6.07) is 5.38. The second kappa shape index (κ2) is 6.74. The lowest BCUT2D eigenvalue weighted by molar-refractivity contribution is -0.120. The van der Waals surface area contributed by atoms with Gasteiger partial charge in [-0.3, -0.25) is 4.79 Å². The first-order valence-corrected chi connectivity index (χ1v) is 5.75. The maximum absolute atomic E-state index is 11.2. The summed E-state index contributed by atoms with van der Waals surface area (Å²) in [5, 5.41) is 6.81. The number of halogens is 2. The highest BCUT2D eigenvalue weighted by Gasteiger charge is 2.05. The summed E-state index contributed by atoms with van der Waals surface area (Å²) >= 11 is 12.0. The zero-order valence-corrected chi connectivity index (χ0v) is 10.5. The Balaban J connectivity index is 2.46. The van der Waals surface area contributed by atoms with Crippen LogP contribution in [0.2, 0.25) is 10.0 Å². The molecule has 1 rings (SSSR count). The summed E-state index contributed by atoms with van der Waals surface area (Å²) < 4.78 is 0. The minimum absolute atomic E-state index is 0.0364. The summed E-state index contributed by atoms with van der Waals surface area (Å²) in [4.78, 5) is 11.2. The van der Waals surface area contributed by atoms with Crippen LogP contribution in [-0.2, 0) is 11.2 Å². The Hall–Kier alpha value is -0.770. The largest absolute Gasteiger partial charge is 0.355 e.